The van der Waals surface area contributed by atoms with Crippen LogP contribution in [0.15, 0.2) is 24.3 Å². The van der Waals surface area contributed by atoms with E-state index in [9.17, 15) is 9.59 Å². The number of carbonyl (C=O) groups excluding carboxylic acids is 1. The van der Waals surface area contributed by atoms with E-state index in [2.05, 4.69) is 5.32 Å². The molecule has 0 aliphatic carbocycles. The summed E-state index contributed by atoms with van der Waals surface area (Å²) in [7, 11) is 0. The molecule has 0 heterocycles. The van der Waals surface area contributed by atoms with Gasteiger partial charge in [-0.1, -0.05) is 6.07 Å². The van der Waals surface area contributed by atoms with Gasteiger partial charge >= 0.3 is 5.97 Å². The van der Waals surface area contributed by atoms with E-state index in [4.69, 9.17) is 14.6 Å². The number of hydrogen-bond donors (Lipinski definition) is 2. The first kappa shape index (κ1) is 16.6. The van der Waals surface area contributed by atoms with Crippen LogP contribution >= 0.6 is 0 Å². The van der Waals surface area contributed by atoms with Gasteiger partial charge in [0.25, 0.3) is 0 Å². The minimum atomic E-state index is -1.09. The molecule has 0 saturated carbocycles. The van der Waals surface area contributed by atoms with Crippen molar-refractivity contribution in [2.75, 3.05) is 19.8 Å². The van der Waals surface area contributed by atoms with Gasteiger partial charge in [0.05, 0.1) is 13.2 Å². The van der Waals surface area contributed by atoms with E-state index in [0.717, 1.165) is 5.56 Å². The minimum absolute atomic E-state index is 0.406. The Hall–Kier alpha value is -2.50. The van der Waals surface area contributed by atoms with Gasteiger partial charge in [-0.05, 0) is 37.6 Å². The molecule has 0 saturated heterocycles. The van der Waals surface area contributed by atoms with E-state index < -0.39 is 18.4 Å². The number of amides is 1. The Morgan fingerprint density at radius 1 is 1.19 bits per heavy atom. The lowest BCUT2D eigenvalue weighted by Crippen LogP contribution is -2.27. The number of aliphatic carboxylic acids is 1. The molecule has 21 heavy (non-hydrogen) atoms. The summed E-state index contributed by atoms with van der Waals surface area (Å²) in [5, 5.41) is 10.7. The first-order valence-corrected chi connectivity index (χ1v) is 6.64. The summed E-state index contributed by atoms with van der Waals surface area (Å²) in [6, 6.07) is 5.31. The molecule has 2 N–H and O–H groups in total. The standard InChI is InChI=1S/C15H19NO5/c1-3-20-12-7-5-11(9-13(12)21-4-2)6-8-14(17)16-10-15(18)19/h5-9H,3-4,10H2,1-2H3,(H,16,17)(H,18,19). The van der Waals surface area contributed by atoms with Crippen molar-refractivity contribution in [2.45, 2.75) is 13.8 Å². The highest BCUT2D eigenvalue weighted by atomic mass is 16.5. The predicted molar refractivity (Wildman–Crippen MR) is 78.5 cm³/mol. The maximum absolute atomic E-state index is 11.4. The lowest BCUT2D eigenvalue weighted by atomic mass is 10.2. The molecule has 6 heteroatoms. The van der Waals surface area contributed by atoms with Gasteiger partial charge in [0, 0.05) is 6.08 Å². The first-order chi connectivity index (χ1) is 10.1. The fourth-order valence-electron chi connectivity index (χ4n) is 1.56. The molecule has 1 aromatic carbocycles. The predicted octanol–water partition coefficient (Wildman–Crippen LogP) is 1.70. The summed E-state index contributed by atoms with van der Waals surface area (Å²) in [5.74, 6) is -0.306. The van der Waals surface area contributed by atoms with Crippen LogP contribution in [0, 0.1) is 0 Å². The molecule has 0 aromatic heterocycles. The SMILES string of the molecule is CCOc1ccc(C=CC(=O)NCC(=O)O)cc1OCC. The normalized spacial score (nSPS) is 10.4. The van der Waals surface area contributed by atoms with Crippen molar-refractivity contribution in [1.29, 1.82) is 0 Å². The quantitative estimate of drug-likeness (QED) is 0.713. The van der Waals surface area contributed by atoms with Crippen LogP contribution < -0.4 is 14.8 Å². The van der Waals surface area contributed by atoms with E-state index >= 15 is 0 Å². The largest absolute Gasteiger partial charge is 0.490 e. The van der Waals surface area contributed by atoms with Crippen molar-refractivity contribution in [3.63, 3.8) is 0 Å². The Morgan fingerprint density at radius 2 is 1.86 bits per heavy atom. The zero-order chi connectivity index (χ0) is 15.7. The van der Waals surface area contributed by atoms with Crippen LogP contribution in [0.1, 0.15) is 19.4 Å². The van der Waals surface area contributed by atoms with Gasteiger partial charge in [0.2, 0.25) is 5.91 Å². The number of nitrogens with one attached hydrogen (secondary N) is 1. The number of carboxylic acids is 1. The highest BCUT2D eigenvalue weighted by molar-refractivity contribution is 5.93. The molecule has 0 spiro atoms. The van der Waals surface area contributed by atoms with Crippen molar-refractivity contribution < 1.29 is 24.2 Å². The monoisotopic (exact) mass is 293 g/mol. The van der Waals surface area contributed by atoms with E-state index in [1.807, 2.05) is 13.8 Å². The van der Waals surface area contributed by atoms with Gasteiger partial charge in [0.1, 0.15) is 6.54 Å². The molecule has 0 unspecified atom stereocenters. The summed E-state index contributed by atoms with van der Waals surface area (Å²) in [6.07, 6.45) is 2.85. The number of rotatable bonds is 8. The smallest absolute Gasteiger partial charge is 0.322 e. The average molecular weight is 293 g/mol. The molecule has 1 aromatic rings. The van der Waals surface area contributed by atoms with Crippen LogP contribution in [0.3, 0.4) is 0 Å². The molecule has 1 rings (SSSR count). The Bertz CT molecular complexity index is 525. The second kappa shape index (κ2) is 8.63. The molecule has 6 nitrogen and oxygen atoms in total. The molecular formula is C15H19NO5. The number of hydrogen-bond acceptors (Lipinski definition) is 4. The van der Waals surface area contributed by atoms with Gasteiger partial charge in [-0.25, -0.2) is 0 Å². The third-order valence-corrected chi connectivity index (χ3v) is 2.41. The third-order valence-electron chi connectivity index (χ3n) is 2.41. The topological polar surface area (TPSA) is 84.9 Å². The minimum Gasteiger partial charge on any atom is -0.490 e. The van der Waals surface area contributed by atoms with Gasteiger partial charge in [0.15, 0.2) is 11.5 Å². The number of carboxylic acid groups (broad SMARTS) is 1. The molecule has 1 amide bonds. The van der Waals surface area contributed by atoms with Crippen molar-refractivity contribution in [3.05, 3.63) is 29.8 Å². The summed E-state index contributed by atoms with van der Waals surface area (Å²) < 4.78 is 10.9. The van der Waals surface area contributed by atoms with E-state index in [1.54, 1.807) is 24.3 Å². The number of benzene rings is 1. The number of carbonyl (C=O) groups is 2. The fraction of sp³-hybridized carbons (Fsp3) is 0.333. The van der Waals surface area contributed by atoms with Crippen LogP contribution in [-0.2, 0) is 9.59 Å². The Morgan fingerprint density at radius 3 is 2.48 bits per heavy atom. The third kappa shape index (κ3) is 5.99. The lowest BCUT2D eigenvalue weighted by molar-refractivity contribution is -0.137. The molecule has 114 valence electrons. The van der Waals surface area contributed by atoms with Crippen LogP contribution in [0.5, 0.6) is 11.5 Å². The molecular weight excluding hydrogens is 274 g/mol. The Kier molecular flexibility index (Phi) is 6.80. The molecule has 0 aliphatic rings. The molecule has 0 radical (unpaired) electrons. The van der Waals surface area contributed by atoms with Crippen LogP contribution in [0.4, 0.5) is 0 Å². The zero-order valence-electron chi connectivity index (χ0n) is 12.1. The van der Waals surface area contributed by atoms with Crippen molar-refractivity contribution in [3.8, 4) is 11.5 Å². The summed E-state index contributed by atoms with van der Waals surface area (Å²) in [6.45, 7) is 4.39. The molecule has 0 fully saturated rings. The van der Waals surface area contributed by atoms with E-state index in [1.165, 1.54) is 6.08 Å². The van der Waals surface area contributed by atoms with Crippen LogP contribution in [0.25, 0.3) is 6.08 Å². The van der Waals surface area contributed by atoms with Gasteiger partial charge < -0.3 is 19.9 Å². The van der Waals surface area contributed by atoms with Crippen molar-refractivity contribution in [2.24, 2.45) is 0 Å². The lowest BCUT2D eigenvalue weighted by Gasteiger charge is -2.11. The number of ether oxygens (including phenoxy) is 2. The van der Waals surface area contributed by atoms with Gasteiger partial charge in [-0.3, -0.25) is 9.59 Å². The first-order valence-electron chi connectivity index (χ1n) is 6.64. The molecule has 0 bridgehead atoms. The van der Waals surface area contributed by atoms with E-state index in [0.29, 0.717) is 24.7 Å². The highest BCUT2D eigenvalue weighted by Gasteiger charge is 2.05. The van der Waals surface area contributed by atoms with E-state index in [-0.39, 0.29) is 0 Å². The Balaban J connectivity index is 2.76. The van der Waals surface area contributed by atoms with Gasteiger partial charge in [-0.15, -0.1) is 0 Å². The summed E-state index contributed by atoms with van der Waals surface area (Å²) >= 11 is 0. The highest BCUT2D eigenvalue weighted by Crippen LogP contribution is 2.28. The summed E-state index contributed by atoms with van der Waals surface area (Å²) in [5.41, 5.74) is 0.757. The average Bonchev–Trinajstić information content (AvgIpc) is 2.45. The zero-order valence-corrected chi connectivity index (χ0v) is 12.1. The molecule has 0 atom stereocenters. The second-order valence-electron chi connectivity index (χ2n) is 4.02. The Labute approximate surface area is 123 Å². The second-order valence-corrected chi connectivity index (χ2v) is 4.02. The van der Waals surface area contributed by atoms with Crippen LogP contribution in [0.2, 0.25) is 0 Å². The van der Waals surface area contributed by atoms with Crippen molar-refractivity contribution in [1.82, 2.24) is 5.32 Å². The van der Waals surface area contributed by atoms with Crippen molar-refractivity contribution >= 4 is 18.0 Å². The maximum Gasteiger partial charge on any atom is 0.322 e. The maximum atomic E-state index is 11.4. The summed E-state index contributed by atoms with van der Waals surface area (Å²) in [4.78, 5) is 21.7. The van der Waals surface area contributed by atoms with Crippen LogP contribution in [-0.4, -0.2) is 36.7 Å². The fourth-order valence-corrected chi connectivity index (χ4v) is 1.56. The van der Waals surface area contributed by atoms with Gasteiger partial charge in [-0.2, -0.15) is 0 Å². The molecule has 0 aliphatic heterocycles.